The van der Waals surface area contributed by atoms with E-state index in [-0.39, 0.29) is 4.69 Å². The molecule has 3 heteroatoms. The van der Waals surface area contributed by atoms with Crippen LogP contribution in [-0.4, -0.2) is 16.4 Å². The van der Waals surface area contributed by atoms with E-state index in [2.05, 4.69) is 15.9 Å². The van der Waals surface area contributed by atoms with Gasteiger partial charge >= 0.3 is 0 Å². The Bertz CT molecular complexity index is 115. The third-order valence-corrected chi connectivity index (χ3v) is 2.18. The lowest BCUT2D eigenvalue weighted by molar-refractivity contribution is -0.110. The van der Waals surface area contributed by atoms with Crippen LogP contribution in [0.5, 0.6) is 0 Å². The van der Waals surface area contributed by atoms with Crippen LogP contribution in [0.3, 0.4) is 0 Å². The maximum atomic E-state index is 10.5. The average Bonchev–Trinajstić information content (AvgIpc) is 2.02. The molecule has 0 fully saturated rings. The first kappa shape index (κ1) is 12.1. The summed E-state index contributed by atoms with van der Waals surface area (Å²) >= 11 is 2.90. The van der Waals surface area contributed by atoms with Gasteiger partial charge < -0.3 is 5.11 Å². The molecule has 0 heterocycles. The molecule has 0 radical (unpaired) electrons. The van der Waals surface area contributed by atoms with Gasteiger partial charge in [-0.15, -0.1) is 0 Å². The van der Waals surface area contributed by atoms with E-state index in [4.69, 9.17) is 5.11 Å². The normalized spacial score (nSPS) is 10.2. The lowest BCUT2D eigenvalue weighted by atomic mass is 10.1. The molecular formula is C9H17BrO2. The molecule has 12 heavy (non-hydrogen) atoms. The highest BCUT2D eigenvalue weighted by atomic mass is 79.9. The molecule has 0 saturated heterocycles. The van der Waals surface area contributed by atoms with Crippen molar-refractivity contribution in [3.05, 3.63) is 0 Å². The molecule has 0 aliphatic rings. The smallest absolute Gasteiger partial charge is 0.197 e. The Morgan fingerprint density at radius 3 is 2.00 bits per heavy atom. The van der Waals surface area contributed by atoms with Gasteiger partial charge in [-0.25, -0.2) is 0 Å². The summed E-state index contributed by atoms with van der Waals surface area (Å²) < 4.78 is 0.109. The third-order valence-electron chi connectivity index (χ3n) is 1.78. The highest BCUT2D eigenvalue weighted by Crippen LogP contribution is 2.08. The Morgan fingerprint density at radius 1 is 1.00 bits per heavy atom. The summed E-state index contributed by atoms with van der Waals surface area (Å²) in [5.74, 6) is 0. The van der Waals surface area contributed by atoms with Gasteiger partial charge in [0.1, 0.15) is 0 Å². The molecule has 0 aromatic carbocycles. The number of carbonyl (C=O) groups excluding carboxylic acids is 1. The van der Waals surface area contributed by atoms with Crippen LogP contribution in [0.4, 0.5) is 0 Å². The van der Waals surface area contributed by atoms with Gasteiger partial charge in [0.25, 0.3) is 0 Å². The zero-order valence-electron chi connectivity index (χ0n) is 7.39. The van der Waals surface area contributed by atoms with Gasteiger partial charge in [-0.3, -0.25) is 4.79 Å². The number of hydrogen-bond donors (Lipinski definition) is 1. The van der Waals surface area contributed by atoms with E-state index < -0.39 is 0 Å². The molecule has 0 aliphatic heterocycles. The first-order chi connectivity index (χ1) is 5.77. The van der Waals surface area contributed by atoms with Crippen LogP contribution in [0.25, 0.3) is 0 Å². The first-order valence-corrected chi connectivity index (χ1v) is 5.36. The van der Waals surface area contributed by atoms with Crippen LogP contribution in [0.15, 0.2) is 0 Å². The van der Waals surface area contributed by atoms with Crippen molar-refractivity contribution in [2.24, 2.45) is 0 Å². The molecule has 0 aromatic heterocycles. The number of carbonyl (C=O) groups is 1. The van der Waals surface area contributed by atoms with E-state index in [0.717, 1.165) is 25.7 Å². The Hall–Kier alpha value is 0.110. The van der Waals surface area contributed by atoms with Crippen LogP contribution < -0.4 is 0 Å². The minimum Gasteiger partial charge on any atom is -0.396 e. The van der Waals surface area contributed by atoms with Gasteiger partial charge in [0.15, 0.2) is 4.69 Å². The maximum absolute atomic E-state index is 10.5. The molecular weight excluding hydrogens is 220 g/mol. The van der Waals surface area contributed by atoms with Crippen molar-refractivity contribution < 1.29 is 9.90 Å². The Balaban J connectivity index is 2.86. The molecule has 0 aromatic rings. The van der Waals surface area contributed by atoms with E-state index in [1.54, 1.807) is 0 Å². The summed E-state index contributed by atoms with van der Waals surface area (Å²) in [4.78, 5) is 10.5. The van der Waals surface area contributed by atoms with Crippen molar-refractivity contribution in [2.75, 3.05) is 6.61 Å². The van der Waals surface area contributed by atoms with Crippen molar-refractivity contribution in [1.29, 1.82) is 0 Å². The van der Waals surface area contributed by atoms with Crippen LogP contribution in [0.1, 0.15) is 44.9 Å². The van der Waals surface area contributed by atoms with E-state index in [0.29, 0.717) is 13.0 Å². The molecule has 0 bridgehead atoms. The molecule has 0 saturated carbocycles. The topological polar surface area (TPSA) is 37.3 Å². The molecule has 2 nitrogen and oxygen atoms in total. The molecule has 1 N–H and O–H groups in total. The largest absolute Gasteiger partial charge is 0.396 e. The SMILES string of the molecule is O=C(Br)CCCCCCCCO. The summed E-state index contributed by atoms with van der Waals surface area (Å²) in [5.41, 5.74) is 0. The summed E-state index contributed by atoms with van der Waals surface area (Å²) in [7, 11) is 0. The van der Waals surface area contributed by atoms with E-state index in [1.807, 2.05) is 0 Å². The van der Waals surface area contributed by atoms with Gasteiger partial charge in [0, 0.05) is 13.0 Å². The molecule has 0 atom stereocenters. The number of unbranched alkanes of at least 4 members (excludes halogenated alkanes) is 5. The van der Waals surface area contributed by atoms with Crippen molar-refractivity contribution in [3.8, 4) is 0 Å². The quantitative estimate of drug-likeness (QED) is 0.520. The average molecular weight is 237 g/mol. The zero-order valence-corrected chi connectivity index (χ0v) is 8.98. The predicted octanol–water partition coefficient (Wildman–Crippen LogP) is 2.63. The summed E-state index contributed by atoms with van der Waals surface area (Å²) in [6.45, 7) is 0.305. The molecule has 0 rings (SSSR count). The number of aliphatic hydroxyl groups excluding tert-OH is 1. The highest BCUT2D eigenvalue weighted by Gasteiger charge is 1.95. The number of rotatable bonds is 8. The fourth-order valence-electron chi connectivity index (χ4n) is 1.08. The first-order valence-electron chi connectivity index (χ1n) is 4.56. The Labute approximate surface area is 82.5 Å². The second-order valence-electron chi connectivity index (χ2n) is 2.95. The van der Waals surface area contributed by atoms with Crippen molar-refractivity contribution >= 4 is 20.6 Å². The Morgan fingerprint density at radius 2 is 1.50 bits per heavy atom. The standard InChI is InChI=1S/C9H17BrO2/c10-9(12)7-5-3-1-2-4-6-8-11/h11H,1-8H2. The van der Waals surface area contributed by atoms with Crippen molar-refractivity contribution in [3.63, 3.8) is 0 Å². The Kier molecular flexibility index (Phi) is 9.28. The second-order valence-corrected chi connectivity index (χ2v) is 3.83. The fraction of sp³-hybridized carbons (Fsp3) is 0.889. The van der Waals surface area contributed by atoms with Gasteiger partial charge in [-0.05, 0) is 28.8 Å². The van der Waals surface area contributed by atoms with Gasteiger partial charge in [0.05, 0.1) is 0 Å². The summed E-state index contributed by atoms with van der Waals surface area (Å²) in [6, 6.07) is 0. The van der Waals surface area contributed by atoms with Crippen LogP contribution in [-0.2, 0) is 4.79 Å². The minimum absolute atomic E-state index is 0.109. The van der Waals surface area contributed by atoms with Crippen LogP contribution in [0.2, 0.25) is 0 Å². The van der Waals surface area contributed by atoms with E-state index in [1.165, 1.54) is 12.8 Å². The van der Waals surface area contributed by atoms with E-state index in [9.17, 15) is 4.79 Å². The minimum atomic E-state index is 0.109. The molecule has 0 unspecified atom stereocenters. The monoisotopic (exact) mass is 236 g/mol. The van der Waals surface area contributed by atoms with Crippen molar-refractivity contribution in [1.82, 2.24) is 0 Å². The number of hydrogen-bond acceptors (Lipinski definition) is 2. The van der Waals surface area contributed by atoms with Crippen LogP contribution >= 0.6 is 15.9 Å². The van der Waals surface area contributed by atoms with Gasteiger partial charge in [-0.1, -0.05) is 25.7 Å². The van der Waals surface area contributed by atoms with Gasteiger partial charge in [-0.2, -0.15) is 0 Å². The zero-order chi connectivity index (χ0) is 9.23. The van der Waals surface area contributed by atoms with Crippen LogP contribution in [0, 0.1) is 0 Å². The number of aliphatic hydroxyl groups is 1. The fourth-order valence-corrected chi connectivity index (χ4v) is 1.36. The summed E-state index contributed by atoms with van der Waals surface area (Å²) in [6.07, 6.45) is 7.15. The number of halogens is 1. The lowest BCUT2D eigenvalue weighted by Gasteiger charge is -1.98. The van der Waals surface area contributed by atoms with E-state index >= 15 is 0 Å². The second kappa shape index (κ2) is 9.20. The maximum Gasteiger partial charge on any atom is 0.197 e. The molecule has 0 aliphatic carbocycles. The molecule has 72 valence electrons. The van der Waals surface area contributed by atoms with Gasteiger partial charge in [0.2, 0.25) is 0 Å². The third kappa shape index (κ3) is 10.1. The van der Waals surface area contributed by atoms with Crippen molar-refractivity contribution in [2.45, 2.75) is 44.9 Å². The molecule has 0 amide bonds. The summed E-state index contributed by atoms with van der Waals surface area (Å²) in [5, 5.41) is 8.49. The predicted molar refractivity (Wildman–Crippen MR) is 53.3 cm³/mol. The lowest BCUT2D eigenvalue weighted by Crippen LogP contribution is -1.86. The molecule has 0 spiro atoms. The highest BCUT2D eigenvalue weighted by molar-refractivity contribution is 9.18.